The monoisotopic (exact) mass is 325 g/mol. The van der Waals surface area contributed by atoms with E-state index >= 15 is 0 Å². The number of nitrogen functional groups attached to an aromatic ring is 1. The Balaban J connectivity index is 1.44. The Bertz CT molecular complexity index is 756. The van der Waals surface area contributed by atoms with Crippen molar-refractivity contribution >= 4 is 28.6 Å². The van der Waals surface area contributed by atoms with Crippen LogP contribution in [0.3, 0.4) is 0 Å². The van der Waals surface area contributed by atoms with Crippen LogP contribution in [0, 0.1) is 5.92 Å². The average molecular weight is 325 g/mol. The third kappa shape index (κ3) is 2.88. The maximum absolute atomic E-state index is 12.5. The van der Waals surface area contributed by atoms with Gasteiger partial charge < -0.3 is 16.0 Å². The number of likely N-dealkylation sites (tertiary alicyclic amines) is 1. The van der Waals surface area contributed by atoms with Crippen LogP contribution in [0.15, 0.2) is 24.3 Å². The number of carbonyl (C=O) groups excluding carboxylic acids is 1. The normalized spacial score (nSPS) is 21.5. The first-order chi connectivity index (χ1) is 11.7. The van der Waals surface area contributed by atoms with Crippen molar-refractivity contribution in [3.8, 4) is 0 Å². The van der Waals surface area contributed by atoms with E-state index in [1.54, 1.807) is 0 Å². The zero-order valence-corrected chi connectivity index (χ0v) is 13.7. The van der Waals surface area contributed by atoms with Gasteiger partial charge in [-0.1, -0.05) is 25.0 Å². The summed E-state index contributed by atoms with van der Waals surface area (Å²) in [6.07, 6.45) is 5.41. The molecule has 6 nitrogen and oxygen atoms in total. The van der Waals surface area contributed by atoms with E-state index < -0.39 is 0 Å². The van der Waals surface area contributed by atoms with Crippen LogP contribution in [0.2, 0.25) is 0 Å². The number of fused-ring (bicyclic) bond motifs is 1. The van der Waals surface area contributed by atoms with Crippen molar-refractivity contribution in [2.24, 2.45) is 5.92 Å². The Morgan fingerprint density at radius 2 is 1.96 bits per heavy atom. The Morgan fingerprint density at radius 1 is 1.17 bits per heavy atom. The first kappa shape index (κ1) is 15.2. The molecule has 1 aromatic heterocycles. The van der Waals surface area contributed by atoms with Gasteiger partial charge >= 0.3 is 0 Å². The molecule has 0 spiro atoms. The number of nitrogens with two attached hydrogens (primary N) is 1. The first-order valence-corrected chi connectivity index (χ1v) is 8.78. The van der Waals surface area contributed by atoms with Crippen molar-refractivity contribution in [1.82, 2.24) is 14.9 Å². The lowest BCUT2D eigenvalue weighted by molar-refractivity contribution is -0.134. The van der Waals surface area contributed by atoms with Gasteiger partial charge in [0, 0.05) is 30.4 Å². The van der Waals surface area contributed by atoms with Gasteiger partial charge in [-0.2, -0.15) is 4.98 Å². The fourth-order valence-electron chi connectivity index (χ4n) is 3.86. The molecule has 2 heterocycles. The number of benzene rings is 1. The summed E-state index contributed by atoms with van der Waals surface area (Å²) in [4.78, 5) is 23.4. The first-order valence-electron chi connectivity index (χ1n) is 8.78. The second kappa shape index (κ2) is 6.26. The van der Waals surface area contributed by atoms with E-state index in [9.17, 15) is 4.79 Å². The summed E-state index contributed by atoms with van der Waals surface area (Å²) in [6, 6.07) is 7.92. The molecule has 1 unspecified atom stereocenters. The highest BCUT2D eigenvalue weighted by Gasteiger charge is 2.32. The van der Waals surface area contributed by atoms with Crippen molar-refractivity contribution in [2.45, 2.75) is 38.1 Å². The topological polar surface area (TPSA) is 84.1 Å². The highest BCUT2D eigenvalue weighted by atomic mass is 16.2. The summed E-state index contributed by atoms with van der Waals surface area (Å²) in [5.41, 5.74) is 6.87. The molecule has 1 aromatic carbocycles. The summed E-state index contributed by atoms with van der Waals surface area (Å²) in [7, 11) is 0. The third-order valence-electron chi connectivity index (χ3n) is 5.17. The number of aromatic nitrogens is 2. The molecule has 2 aliphatic rings. The van der Waals surface area contributed by atoms with Crippen LogP contribution in [0.1, 0.15) is 32.1 Å². The predicted octanol–water partition coefficient (Wildman–Crippen LogP) is 2.42. The maximum atomic E-state index is 12.5. The molecule has 1 saturated heterocycles. The van der Waals surface area contributed by atoms with E-state index in [1.165, 1.54) is 12.8 Å². The SMILES string of the molecule is Nc1nc(NC2CCN(C(=O)C3CCCC3)C2)nc2ccccc12. The highest BCUT2D eigenvalue weighted by Crippen LogP contribution is 2.28. The molecule has 1 saturated carbocycles. The number of rotatable bonds is 3. The molecule has 0 bridgehead atoms. The second-order valence-electron chi connectivity index (χ2n) is 6.85. The number of anilines is 2. The molecule has 1 aliphatic carbocycles. The Hall–Kier alpha value is -2.37. The van der Waals surface area contributed by atoms with Crippen molar-refractivity contribution in [3.05, 3.63) is 24.3 Å². The summed E-state index contributed by atoms with van der Waals surface area (Å²) in [6.45, 7) is 1.54. The number of carbonyl (C=O) groups is 1. The molecule has 2 fully saturated rings. The van der Waals surface area contributed by atoms with Crippen LogP contribution < -0.4 is 11.1 Å². The van der Waals surface area contributed by atoms with Gasteiger partial charge in [-0.25, -0.2) is 4.98 Å². The number of amides is 1. The van der Waals surface area contributed by atoms with Gasteiger partial charge in [0.2, 0.25) is 11.9 Å². The van der Waals surface area contributed by atoms with Crippen molar-refractivity contribution in [1.29, 1.82) is 0 Å². The van der Waals surface area contributed by atoms with Crippen LogP contribution in [0.5, 0.6) is 0 Å². The molecule has 3 N–H and O–H groups in total. The van der Waals surface area contributed by atoms with E-state index in [2.05, 4.69) is 15.3 Å². The second-order valence-corrected chi connectivity index (χ2v) is 6.85. The van der Waals surface area contributed by atoms with Gasteiger partial charge in [0.1, 0.15) is 5.82 Å². The molecule has 1 atom stereocenters. The summed E-state index contributed by atoms with van der Waals surface area (Å²) in [5, 5.41) is 4.22. The number of nitrogens with one attached hydrogen (secondary N) is 1. The molecular formula is C18H23N5O. The van der Waals surface area contributed by atoms with Crippen LogP contribution in [-0.4, -0.2) is 39.9 Å². The molecule has 24 heavy (non-hydrogen) atoms. The molecule has 1 amide bonds. The third-order valence-corrected chi connectivity index (χ3v) is 5.17. The number of hydrogen-bond donors (Lipinski definition) is 2. The summed E-state index contributed by atoms with van der Waals surface area (Å²) < 4.78 is 0. The fraction of sp³-hybridized carbons (Fsp3) is 0.500. The van der Waals surface area contributed by atoms with Crippen LogP contribution >= 0.6 is 0 Å². The largest absolute Gasteiger partial charge is 0.383 e. The Morgan fingerprint density at radius 3 is 2.79 bits per heavy atom. The van der Waals surface area contributed by atoms with Crippen LogP contribution in [0.25, 0.3) is 10.9 Å². The van der Waals surface area contributed by atoms with Crippen molar-refractivity contribution in [2.75, 3.05) is 24.1 Å². The molecule has 0 radical (unpaired) electrons. The standard InChI is InChI=1S/C18H23N5O/c19-16-14-7-3-4-8-15(14)21-18(22-16)20-13-9-10-23(11-13)17(24)12-5-1-2-6-12/h3-4,7-8,12-13H,1-2,5-6,9-11H2,(H3,19,20,21,22). The van der Waals surface area contributed by atoms with E-state index in [1.807, 2.05) is 29.2 Å². The van der Waals surface area contributed by atoms with Gasteiger partial charge in [-0.15, -0.1) is 0 Å². The average Bonchev–Trinajstić information content (AvgIpc) is 3.26. The van der Waals surface area contributed by atoms with E-state index in [-0.39, 0.29) is 12.0 Å². The van der Waals surface area contributed by atoms with Gasteiger partial charge in [0.05, 0.1) is 5.52 Å². The van der Waals surface area contributed by atoms with Gasteiger partial charge in [-0.3, -0.25) is 4.79 Å². The molecular weight excluding hydrogens is 302 g/mol. The molecule has 1 aliphatic heterocycles. The minimum absolute atomic E-state index is 0.191. The van der Waals surface area contributed by atoms with Gasteiger partial charge in [0.25, 0.3) is 0 Å². The maximum Gasteiger partial charge on any atom is 0.225 e. The van der Waals surface area contributed by atoms with Crippen molar-refractivity contribution in [3.63, 3.8) is 0 Å². The Kier molecular flexibility index (Phi) is 3.96. The number of hydrogen-bond acceptors (Lipinski definition) is 5. The smallest absolute Gasteiger partial charge is 0.225 e. The quantitative estimate of drug-likeness (QED) is 0.905. The summed E-state index contributed by atoms with van der Waals surface area (Å²) >= 11 is 0. The lowest BCUT2D eigenvalue weighted by atomic mass is 10.1. The zero-order chi connectivity index (χ0) is 16.5. The molecule has 6 heteroatoms. The molecule has 2 aromatic rings. The predicted molar refractivity (Wildman–Crippen MR) is 94.5 cm³/mol. The van der Waals surface area contributed by atoms with Crippen LogP contribution in [0.4, 0.5) is 11.8 Å². The lowest BCUT2D eigenvalue weighted by Crippen LogP contribution is -2.35. The minimum atomic E-state index is 0.191. The number of nitrogens with zero attached hydrogens (tertiary/aromatic N) is 3. The van der Waals surface area contributed by atoms with Crippen LogP contribution in [-0.2, 0) is 4.79 Å². The van der Waals surface area contributed by atoms with E-state index in [0.29, 0.717) is 17.7 Å². The molecule has 4 rings (SSSR count). The van der Waals surface area contributed by atoms with E-state index in [0.717, 1.165) is 43.3 Å². The highest BCUT2D eigenvalue weighted by molar-refractivity contribution is 5.88. The summed E-state index contributed by atoms with van der Waals surface area (Å²) in [5.74, 6) is 1.61. The lowest BCUT2D eigenvalue weighted by Gasteiger charge is -2.20. The Labute approximate surface area is 141 Å². The van der Waals surface area contributed by atoms with Gasteiger partial charge in [0.15, 0.2) is 0 Å². The number of para-hydroxylation sites is 1. The zero-order valence-electron chi connectivity index (χ0n) is 13.7. The fourth-order valence-corrected chi connectivity index (χ4v) is 3.86. The van der Waals surface area contributed by atoms with Crippen molar-refractivity contribution < 1.29 is 4.79 Å². The van der Waals surface area contributed by atoms with Gasteiger partial charge in [-0.05, 0) is 31.4 Å². The van der Waals surface area contributed by atoms with E-state index in [4.69, 9.17) is 5.73 Å². The molecule has 126 valence electrons. The minimum Gasteiger partial charge on any atom is -0.383 e.